The molecule has 1 amide bonds. The van der Waals surface area contributed by atoms with Gasteiger partial charge in [-0.05, 0) is 55.8 Å². The Morgan fingerprint density at radius 2 is 1.81 bits per heavy atom. The zero-order chi connectivity index (χ0) is 15.3. The van der Waals surface area contributed by atoms with Crippen LogP contribution in [0.1, 0.15) is 19.4 Å². The van der Waals surface area contributed by atoms with Gasteiger partial charge in [0.2, 0.25) is 0 Å². The first kappa shape index (κ1) is 15.0. The Morgan fingerprint density at radius 3 is 2.38 bits per heavy atom. The minimum absolute atomic E-state index is 0.451. The molecule has 0 aliphatic carbocycles. The number of hydrogen-bond acceptors (Lipinski definition) is 4. The Balaban J connectivity index is 1.92. The van der Waals surface area contributed by atoms with Gasteiger partial charge in [-0.3, -0.25) is 9.78 Å². The van der Waals surface area contributed by atoms with Crippen molar-refractivity contribution >= 4 is 11.6 Å². The van der Waals surface area contributed by atoms with E-state index in [1.54, 1.807) is 36.7 Å². The van der Waals surface area contributed by atoms with Crippen LogP contribution in [0.25, 0.3) is 0 Å². The second kappa shape index (κ2) is 6.37. The number of carbonyl (C=O) groups excluding carboxylic acids is 1. The van der Waals surface area contributed by atoms with E-state index < -0.39 is 11.5 Å². The quantitative estimate of drug-likeness (QED) is 0.885. The van der Waals surface area contributed by atoms with Crippen LogP contribution in [0.2, 0.25) is 0 Å². The van der Waals surface area contributed by atoms with Crippen molar-refractivity contribution < 1.29 is 14.6 Å². The SMILES string of the molecule is CC(C)(O)C(=O)Nc1ccc(OCc2ccncc2)cc1. The van der Waals surface area contributed by atoms with E-state index in [1.807, 2.05) is 12.1 Å². The van der Waals surface area contributed by atoms with Gasteiger partial charge in [-0.2, -0.15) is 0 Å². The molecule has 2 N–H and O–H groups in total. The fourth-order valence-electron chi connectivity index (χ4n) is 1.56. The first-order chi connectivity index (χ1) is 9.95. The van der Waals surface area contributed by atoms with Crippen LogP contribution in [-0.2, 0) is 11.4 Å². The fraction of sp³-hybridized carbons (Fsp3) is 0.250. The number of amides is 1. The van der Waals surface area contributed by atoms with E-state index in [9.17, 15) is 9.90 Å². The molecule has 0 aliphatic heterocycles. The largest absolute Gasteiger partial charge is 0.489 e. The molecule has 0 radical (unpaired) electrons. The molecule has 110 valence electrons. The van der Waals surface area contributed by atoms with Crippen LogP contribution in [0.3, 0.4) is 0 Å². The standard InChI is InChI=1S/C16H18N2O3/c1-16(2,20)15(19)18-13-3-5-14(6-4-13)21-11-12-7-9-17-10-8-12/h3-10,20H,11H2,1-2H3,(H,18,19). The Labute approximate surface area is 123 Å². The predicted molar refractivity (Wildman–Crippen MR) is 79.9 cm³/mol. The van der Waals surface area contributed by atoms with Crippen LogP contribution < -0.4 is 10.1 Å². The Bertz CT molecular complexity index is 589. The lowest BCUT2D eigenvalue weighted by Crippen LogP contribution is -2.36. The van der Waals surface area contributed by atoms with Crippen molar-refractivity contribution in [3.05, 3.63) is 54.4 Å². The molecule has 5 nitrogen and oxygen atoms in total. The van der Waals surface area contributed by atoms with Crippen LogP contribution in [0.15, 0.2) is 48.8 Å². The third kappa shape index (κ3) is 4.57. The number of pyridine rings is 1. The molecule has 5 heteroatoms. The van der Waals surface area contributed by atoms with Gasteiger partial charge in [0.15, 0.2) is 0 Å². The molecule has 1 aromatic heterocycles. The highest BCUT2D eigenvalue weighted by Gasteiger charge is 2.23. The number of benzene rings is 1. The molecule has 0 aliphatic rings. The normalized spacial score (nSPS) is 11.0. The van der Waals surface area contributed by atoms with Crippen molar-refractivity contribution in [3.63, 3.8) is 0 Å². The average molecular weight is 286 g/mol. The summed E-state index contributed by atoms with van der Waals surface area (Å²) in [4.78, 5) is 15.6. The number of aliphatic hydroxyl groups is 1. The molecule has 0 saturated heterocycles. The summed E-state index contributed by atoms with van der Waals surface area (Å²) in [5.74, 6) is 0.251. The number of nitrogens with one attached hydrogen (secondary N) is 1. The summed E-state index contributed by atoms with van der Waals surface area (Å²) in [6, 6.07) is 10.8. The van der Waals surface area contributed by atoms with Crippen molar-refractivity contribution in [2.45, 2.75) is 26.1 Å². The Hall–Kier alpha value is -2.40. The number of rotatable bonds is 5. The number of anilines is 1. The highest BCUT2D eigenvalue weighted by molar-refractivity contribution is 5.96. The zero-order valence-electron chi connectivity index (χ0n) is 12.0. The first-order valence-corrected chi connectivity index (χ1v) is 6.61. The van der Waals surface area contributed by atoms with E-state index in [2.05, 4.69) is 10.3 Å². The number of hydrogen-bond donors (Lipinski definition) is 2. The van der Waals surface area contributed by atoms with Gasteiger partial charge in [0.1, 0.15) is 18.0 Å². The summed E-state index contributed by atoms with van der Waals surface area (Å²) in [6.45, 7) is 3.33. The molecule has 0 spiro atoms. The molecule has 21 heavy (non-hydrogen) atoms. The second-order valence-electron chi connectivity index (χ2n) is 5.18. The van der Waals surface area contributed by atoms with E-state index >= 15 is 0 Å². The molecule has 0 saturated carbocycles. The number of nitrogens with zero attached hydrogens (tertiary/aromatic N) is 1. The highest BCUT2D eigenvalue weighted by atomic mass is 16.5. The molecule has 0 bridgehead atoms. The van der Waals surface area contributed by atoms with Crippen molar-refractivity contribution in [1.29, 1.82) is 0 Å². The van der Waals surface area contributed by atoms with Gasteiger partial charge in [-0.15, -0.1) is 0 Å². The van der Waals surface area contributed by atoms with Crippen LogP contribution in [0.5, 0.6) is 5.75 Å². The third-order valence-corrected chi connectivity index (χ3v) is 2.82. The first-order valence-electron chi connectivity index (χ1n) is 6.61. The number of ether oxygens (including phenoxy) is 1. The topological polar surface area (TPSA) is 71.5 Å². The molecule has 1 aromatic carbocycles. The average Bonchev–Trinajstić information content (AvgIpc) is 2.46. The number of carbonyl (C=O) groups is 1. The van der Waals surface area contributed by atoms with Gasteiger partial charge >= 0.3 is 0 Å². The Morgan fingerprint density at radius 1 is 1.19 bits per heavy atom. The van der Waals surface area contributed by atoms with Gasteiger partial charge in [0.25, 0.3) is 5.91 Å². The van der Waals surface area contributed by atoms with Crippen molar-refractivity contribution in [3.8, 4) is 5.75 Å². The zero-order valence-corrected chi connectivity index (χ0v) is 12.0. The van der Waals surface area contributed by atoms with E-state index in [0.29, 0.717) is 18.0 Å². The van der Waals surface area contributed by atoms with E-state index in [1.165, 1.54) is 13.8 Å². The summed E-state index contributed by atoms with van der Waals surface area (Å²) < 4.78 is 5.63. The summed E-state index contributed by atoms with van der Waals surface area (Å²) in [7, 11) is 0. The third-order valence-electron chi connectivity index (χ3n) is 2.82. The monoisotopic (exact) mass is 286 g/mol. The van der Waals surface area contributed by atoms with E-state index in [4.69, 9.17) is 4.74 Å². The van der Waals surface area contributed by atoms with Crippen molar-refractivity contribution in [2.24, 2.45) is 0 Å². The predicted octanol–water partition coefficient (Wildman–Crippen LogP) is 2.37. The summed E-state index contributed by atoms with van der Waals surface area (Å²) in [6.07, 6.45) is 3.43. The lowest BCUT2D eigenvalue weighted by atomic mass is 10.1. The van der Waals surface area contributed by atoms with Crippen LogP contribution in [-0.4, -0.2) is 21.6 Å². The van der Waals surface area contributed by atoms with Gasteiger partial charge < -0.3 is 15.2 Å². The van der Waals surface area contributed by atoms with Crippen LogP contribution in [0.4, 0.5) is 5.69 Å². The maximum absolute atomic E-state index is 11.6. The van der Waals surface area contributed by atoms with E-state index in [-0.39, 0.29) is 0 Å². The van der Waals surface area contributed by atoms with Crippen molar-refractivity contribution in [2.75, 3.05) is 5.32 Å². The lowest BCUT2D eigenvalue weighted by Gasteiger charge is -2.16. The molecule has 0 fully saturated rings. The van der Waals surface area contributed by atoms with Crippen molar-refractivity contribution in [1.82, 2.24) is 4.98 Å². The summed E-state index contributed by atoms with van der Waals surface area (Å²) >= 11 is 0. The minimum atomic E-state index is -1.41. The van der Waals surface area contributed by atoms with Crippen LogP contribution in [0, 0.1) is 0 Å². The second-order valence-corrected chi connectivity index (χ2v) is 5.18. The number of aromatic nitrogens is 1. The lowest BCUT2D eigenvalue weighted by molar-refractivity contribution is -0.130. The maximum atomic E-state index is 11.6. The fourth-order valence-corrected chi connectivity index (χ4v) is 1.56. The summed E-state index contributed by atoms with van der Waals surface area (Å²) in [5.41, 5.74) is 0.235. The molecule has 1 heterocycles. The molecule has 2 aromatic rings. The summed E-state index contributed by atoms with van der Waals surface area (Å²) in [5, 5.41) is 12.2. The van der Waals surface area contributed by atoms with Gasteiger partial charge in [0, 0.05) is 18.1 Å². The highest BCUT2D eigenvalue weighted by Crippen LogP contribution is 2.18. The van der Waals surface area contributed by atoms with Gasteiger partial charge in [-0.25, -0.2) is 0 Å². The molecule has 0 unspecified atom stereocenters. The minimum Gasteiger partial charge on any atom is -0.489 e. The van der Waals surface area contributed by atoms with Crippen LogP contribution >= 0.6 is 0 Å². The van der Waals surface area contributed by atoms with Gasteiger partial charge in [-0.1, -0.05) is 0 Å². The molecule has 2 rings (SSSR count). The smallest absolute Gasteiger partial charge is 0.255 e. The van der Waals surface area contributed by atoms with E-state index in [0.717, 1.165) is 5.56 Å². The maximum Gasteiger partial charge on any atom is 0.255 e. The van der Waals surface area contributed by atoms with Gasteiger partial charge in [0.05, 0.1) is 0 Å². The molecular weight excluding hydrogens is 268 g/mol. The molecular formula is C16H18N2O3. The molecule has 0 atom stereocenters. The Kier molecular flexibility index (Phi) is 4.55.